The van der Waals surface area contributed by atoms with Gasteiger partial charge in [-0.25, -0.2) is 9.97 Å². The van der Waals surface area contributed by atoms with Crippen LogP contribution in [0.25, 0.3) is 16.8 Å². The molecule has 0 bridgehead atoms. The fourth-order valence-corrected chi connectivity index (χ4v) is 4.03. The molecule has 150 valence electrons. The van der Waals surface area contributed by atoms with Crippen molar-refractivity contribution < 1.29 is 9.84 Å². The van der Waals surface area contributed by atoms with Crippen molar-refractivity contribution in [1.29, 1.82) is 0 Å². The van der Waals surface area contributed by atoms with Gasteiger partial charge in [-0.05, 0) is 57.1 Å². The lowest BCUT2D eigenvalue weighted by atomic mass is 9.81. The molecule has 0 fully saturated rings. The number of aliphatic hydroxyl groups is 1. The molecule has 0 saturated carbocycles. The molecule has 1 unspecified atom stereocenters. The van der Waals surface area contributed by atoms with E-state index in [1.165, 1.54) is 0 Å². The van der Waals surface area contributed by atoms with Crippen LogP contribution in [0.1, 0.15) is 56.9 Å². The zero-order valence-electron chi connectivity index (χ0n) is 17.6. The van der Waals surface area contributed by atoms with E-state index in [9.17, 15) is 5.11 Å². The summed E-state index contributed by atoms with van der Waals surface area (Å²) in [7, 11) is 0. The third-order valence-corrected chi connectivity index (χ3v) is 5.60. The zero-order valence-corrected chi connectivity index (χ0v) is 17.6. The fraction of sp³-hybridized carbons (Fsp3) is 0.522. The molecule has 0 saturated heterocycles. The smallest absolute Gasteiger partial charge is 0.213 e. The molecule has 5 heteroatoms. The van der Waals surface area contributed by atoms with E-state index in [2.05, 4.69) is 31.8 Å². The molecule has 3 rings (SSSR count). The van der Waals surface area contributed by atoms with Crippen molar-refractivity contribution in [1.82, 2.24) is 15.0 Å². The van der Waals surface area contributed by atoms with Crippen molar-refractivity contribution in [2.24, 2.45) is 11.8 Å². The maximum absolute atomic E-state index is 9.70. The average Bonchev–Trinajstić information content (AvgIpc) is 2.69. The number of allylic oxidation sites excluding steroid dienone is 2. The minimum atomic E-state index is 0.211. The maximum Gasteiger partial charge on any atom is 0.213 e. The van der Waals surface area contributed by atoms with Gasteiger partial charge in [-0.2, -0.15) is 0 Å². The summed E-state index contributed by atoms with van der Waals surface area (Å²) >= 11 is 0. The van der Waals surface area contributed by atoms with Gasteiger partial charge in [-0.1, -0.05) is 26.3 Å². The topological polar surface area (TPSA) is 68.1 Å². The van der Waals surface area contributed by atoms with Crippen LogP contribution in [0.5, 0.6) is 5.88 Å². The van der Waals surface area contributed by atoms with Crippen LogP contribution in [0.3, 0.4) is 0 Å². The van der Waals surface area contributed by atoms with Crippen LogP contribution in [0, 0.1) is 18.8 Å². The average molecular weight is 382 g/mol. The zero-order chi connectivity index (χ0) is 20.3. The highest BCUT2D eigenvalue weighted by atomic mass is 16.5. The van der Waals surface area contributed by atoms with E-state index in [1.54, 1.807) is 0 Å². The molecule has 5 nitrogen and oxygen atoms in total. The normalized spacial score (nSPS) is 17.1. The third-order valence-electron chi connectivity index (χ3n) is 5.60. The van der Waals surface area contributed by atoms with Crippen molar-refractivity contribution >= 4 is 5.57 Å². The second-order valence-electron chi connectivity index (χ2n) is 7.45. The van der Waals surface area contributed by atoms with Crippen LogP contribution in [-0.2, 0) is 12.8 Å². The second-order valence-corrected chi connectivity index (χ2v) is 7.45. The van der Waals surface area contributed by atoms with Crippen LogP contribution in [0.15, 0.2) is 18.2 Å². The third kappa shape index (κ3) is 3.95. The Kier molecular flexibility index (Phi) is 6.45. The van der Waals surface area contributed by atoms with E-state index in [1.807, 2.05) is 26.0 Å². The van der Waals surface area contributed by atoms with Crippen molar-refractivity contribution in [2.75, 3.05) is 13.2 Å². The molecular formula is C23H31N3O2. The van der Waals surface area contributed by atoms with Gasteiger partial charge in [0.25, 0.3) is 0 Å². The molecule has 0 aliphatic heterocycles. The number of aryl methyl sites for hydroxylation is 2. The van der Waals surface area contributed by atoms with Crippen LogP contribution in [0.2, 0.25) is 0 Å². The van der Waals surface area contributed by atoms with E-state index >= 15 is 0 Å². The van der Waals surface area contributed by atoms with E-state index in [-0.39, 0.29) is 12.5 Å². The highest BCUT2D eigenvalue weighted by Crippen LogP contribution is 2.35. The summed E-state index contributed by atoms with van der Waals surface area (Å²) in [6.07, 6.45) is 4.86. The molecule has 2 atom stereocenters. The molecule has 0 spiro atoms. The number of aliphatic hydroxyl groups excluding tert-OH is 1. The van der Waals surface area contributed by atoms with Gasteiger partial charge >= 0.3 is 0 Å². The molecule has 0 amide bonds. The van der Waals surface area contributed by atoms with Crippen LogP contribution in [0.4, 0.5) is 0 Å². The number of hydrogen-bond donors (Lipinski definition) is 1. The van der Waals surface area contributed by atoms with Gasteiger partial charge in [0.1, 0.15) is 0 Å². The van der Waals surface area contributed by atoms with E-state index in [0.29, 0.717) is 18.4 Å². The Labute approximate surface area is 167 Å². The number of hydrogen-bond acceptors (Lipinski definition) is 5. The lowest BCUT2D eigenvalue weighted by Crippen LogP contribution is -2.23. The summed E-state index contributed by atoms with van der Waals surface area (Å²) in [5, 5.41) is 9.70. The van der Waals surface area contributed by atoms with Crippen LogP contribution in [-0.4, -0.2) is 33.3 Å². The summed E-state index contributed by atoms with van der Waals surface area (Å²) in [5.41, 5.74) is 6.97. The maximum atomic E-state index is 9.70. The quantitative estimate of drug-likeness (QED) is 0.770. The lowest BCUT2D eigenvalue weighted by Gasteiger charge is -2.27. The van der Waals surface area contributed by atoms with Crippen molar-refractivity contribution in [3.8, 4) is 17.1 Å². The molecule has 0 aromatic carbocycles. The lowest BCUT2D eigenvalue weighted by molar-refractivity contribution is 0.188. The number of ether oxygens (including phenoxy) is 1. The van der Waals surface area contributed by atoms with Crippen molar-refractivity contribution in [3.63, 3.8) is 0 Å². The molecule has 28 heavy (non-hydrogen) atoms. The number of nitrogens with zero attached hydrogens (tertiary/aromatic N) is 3. The number of rotatable bonds is 7. The molecular weight excluding hydrogens is 350 g/mol. The van der Waals surface area contributed by atoms with Gasteiger partial charge in [0.15, 0.2) is 0 Å². The minimum absolute atomic E-state index is 0.211. The summed E-state index contributed by atoms with van der Waals surface area (Å²) in [6, 6.07) is 3.95. The SMILES string of the molecule is CCOc1ccc(-c2nc3c(nc2C)CC([C@H](CC)CO)C=C3C)c(CC)n1. The molecule has 1 aliphatic carbocycles. The molecule has 1 N–H and O–H groups in total. The number of aromatic nitrogens is 3. The first-order chi connectivity index (χ1) is 13.5. The van der Waals surface area contributed by atoms with Gasteiger partial charge < -0.3 is 9.84 Å². The Morgan fingerprint density at radius 2 is 1.89 bits per heavy atom. The van der Waals surface area contributed by atoms with Gasteiger partial charge in [0.05, 0.1) is 35.1 Å². The monoisotopic (exact) mass is 381 g/mol. The van der Waals surface area contributed by atoms with Gasteiger partial charge in [-0.15, -0.1) is 0 Å². The molecule has 2 aromatic rings. The first kappa shape index (κ1) is 20.5. The van der Waals surface area contributed by atoms with E-state index < -0.39 is 0 Å². The molecule has 2 aromatic heterocycles. The molecule has 1 aliphatic rings. The number of pyridine rings is 1. The highest BCUT2D eigenvalue weighted by molar-refractivity contribution is 5.71. The summed E-state index contributed by atoms with van der Waals surface area (Å²) in [6.45, 7) is 11.1. The fourth-order valence-electron chi connectivity index (χ4n) is 4.03. The van der Waals surface area contributed by atoms with Gasteiger partial charge in [-0.3, -0.25) is 4.98 Å². The minimum Gasteiger partial charge on any atom is -0.478 e. The Bertz CT molecular complexity index is 872. The van der Waals surface area contributed by atoms with E-state index in [0.717, 1.165) is 58.9 Å². The Morgan fingerprint density at radius 3 is 2.54 bits per heavy atom. The Hall–Kier alpha value is -2.27. The number of fused-ring (bicyclic) bond motifs is 1. The van der Waals surface area contributed by atoms with Crippen molar-refractivity contribution in [2.45, 2.75) is 53.9 Å². The Morgan fingerprint density at radius 1 is 1.11 bits per heavy atom. The molecule has 2 heterocycles. The molecule has 0 radical (unpaired) electrons. The summed E-state index contributed by atoms with van der Waals surface area (Å²) < 4.78 is 5.56. The second kappa shape index (κ2) is 8.82. The summed E-state index contributed by atoms with van der Waals surface area (Å²) in [5.74, 6) is 1.24. The predicted molar refractivity (Wildman–Crippen MR) is 112 cm³/mol. The summed E-state index contributed by atoms with van der Waals surface area (Å²) in [4.78, 5) is 14.6. The Balaban J connectivity index is 2.03. The predicted octanol–water partition coefficient (Wildman–Crippen LogP) is 4.40. The van der Waals surface area contributed by atoms with Gasteiger partial charge in [0.2, 0.25) is 5.88 Å². The van der Waals surface area contributed by atoms with Gasteiger partial charge in [0, 0.05) is 18.2 Å². The highest BCUT2D eigenvalue weighted by Gasteiger charge is 2.27. The first-order valence-corrected chi connectivity index (χ1v) is 10.3. The largest absolute Gasteiger partial charge is 0.478 e. The standard InChI is InChI=1S/C23H31N3O2/c1-6-16(13-27)17-11-14(4)22-20(12-17)24-15(5)23(26-22)18-9-10-21(28-8-3)25-19(18)7-2/h9-11,16-17,27H,6-8,12-13H2,1-5H3/t16-,17?/m1/s1. The van der Waals surface area contributed by atoms with Crippen LogP contribution < -0.4 is 4.74 Å². The van der Waals surface area contributed by atoms with Crippen LogP contribution >= 0.6 is 0 Å². The van der Waals surface area contributed by atoms with E-state index in [4.69, 9.17) is 14.7 Å². The first-order valence-electron chi connectivity index (χ1n) is 10.3. The van der Waals surface area contributed by atoms with Crippen molar-refractivity contribution in [3.05, 3.63) is 41.0 Å².